The van der Waals surface area contributed by atoms with Gasteiger partial charge in [0.05, 0.1) is 20.3 Å². The number of aliphatic imine (C=N–C) groups is 1. The Bertz CT molecular complexity index is 573. The van der Waals surface area contributed by atoms with Gasteiger partial charge in [-0.15, -0.1) is 0 Å². The van der Waals surface area contributed by atoms with Crippen molar-refractivity contribution in [3.8, 4) is 11.5 Å². The number of rotatable bonds is 9. The molecule has 0 saturated heterocycles. The average Bonchev–Trinajstić information content (AvgIpc) is 2.59. The van der Waals surface area contributed by atoms with Crippen molar-refractivity contribution >= 4 is 17.6 Å². The maximum Gasteiger partial charge on any atom is 0.222 e. The molecule has 0 fully saturated rings. The third kappa shape index (κ3) is 7.32. The van der Waals surface area contributed by atoms with E-state index in [1.807, 2.05) is 45.9 Å². The van der Waals surface area contributed by atoms with Crippen LogP contribution in [0.15, 0.2) is 23.2 Å². The fourth-order valence-electron chi connectivity index (χ4n) is 2.02. The van der Waals surface area contributed by atoms with Gasteiger partial charge in [0.1, 0.15) is 0 Å². The maximum absolute atomic E-state index is 11.5. The quantitative estimate of drug-likeness (QED) is 0.361. The predicted molar refractivity (Wildman–Crippen MR) is 102 cm³/mol. The van der Waals surface area contributed by atoms with E-state index in [1.54, 1.807) is 7.11 Å². The van der Waals surface area contributed by atoms with E-state index in [4.69, 9.17) is 9.47 Å². The standard InChI is InChI=1S/C18H30N4O3/c1-6-19-18(21-11-10-20-17(23)13(3)4)22-14-8-9-15(24-5)16(12-14)25-7-2/h8-9,12-13H,6-7,10-11H2,1-5H3,(H,20,23)(H2,19,21,22). The van der Waals surface area contributed by atoms with Gasteiger partial charge in [0, 0.05) is 30.8 Å². The Morgan fingerprint density at radius 1 is 1.20 bits per heavy atom. The highest BCUT2D eigenvalue weighted by Crippen LogP contribution is 2.30. The van der Waals surface area contributed by atoms with Gasteiger partial charge in [-0.3, -0.25) is 9.79 Å². The lowest BCUT2D eigenvalue weighted by atomic mass is 10.2. The Morgan fingerprint density at radius 3 is 2.56 bits per heavy atom. The number of carbonyl (C=O) groups is 1. The van der Waals surface area contributed by atoms with E-state index in [0.717, 1.165) is 12.2 Å². The topological polar surface area (TPSA) is 84.0 Å². The predicted octanol–water partition coefficient (Wildman–Crippen LogP) is 2.24. The second kappa shape index (κ2) is 11.2. The van der Waals surface area contributed by atoms with Crippen LogP contribution in [0.4, 0.5) is 5.69 Å². The van der Waals surface area contributed by atoms with Crippen LogP contribution in [-0.2, 0) is 4.79 Å². The van der Waals surface area contributed by atoms with Gasteiger partial charge in [-0.05, 0) is 26.0 Å². The number of hydrogen-bond acceptors (Lipinski definition) is 4. The minimum Gasteiger partial charge on any atom is -0.493 e. The summed E-state index contributed by atoms with van der Waals surface area (Å²) in [5, 5.41) is 9.25. The summed E-state index contributed by atoms with van der Waals surface area (Å²) in [4.78, 5) is 16.0. The molecule has 0 radical (unpaired) electrons. The summed E-state index contributed by atoms with van der Waals surface area (Å²) < 4.78 is 10.9. The molecule has 7 nitrogen and oxygen atoms in total. The molecule has 0 unspecified atom stereocenters. The normalized spacial score (nSPS) is 11.2. The lowest BCUT2D eigenvalue weighted by Crippen LogP contribution is -2.33. The first-order valence-electron chi connectivity index (χ1n) is 8.65. The fourth-order valence-corrected chi connectivity index (χ4v) is 2.02. The van der Waals surface area contributed by atoms with Crippen LogP contribution in [0.1, 0.15) is 27.7 Å². The van der Waals surface area contributed by atoms with Crippen LogP contribution < -0.4 is 25.4 Å². The summed E-state index contributed by atoms with van der Waals surface area (Å²) in [6.45, 7) is 9.94. The zero-order valence-electron chi connectivity index (χ0n) is 15.8. The number of anilines is 1. The highest BCUT2D eigenvalue weighted by Gasteiger charge is 2.07. The molecule has 3 N–H and O–H groups in total. The molecule has 1 rings (SSSR count). The van der Waals surface area contributed by atoms with Gasteiger partial charge in [-0.2, -0.15) is 0 Å². The maximum atomic E-state index is 11.5. The first-order chi connectivity index (χ1) is 12.0. The van der Waals surface area contributed by atoms with Crippen LogP contribution in [0.25, 0.3) is 0 Å². The van der Waals surface area contributed by atoms with Crippen molar-refractivity contribution < 1.29 is 14.3 Å². The van der Waals surface area contributed by atoms with E-state index in [1.165, 1.54) is 0 Å². The fraction of sp³-hybridized carbons (Fsp3) is 0.556. The monoisotopic (exact) mass is 350 g/mol. The number of hydrogen-bond donors (Lipinski definition) is 3. The van der Waals surface area contributed by atoms with Crippen molar-refractivity contribution in [2.24, 2.45) is 10.9 Å². The smallest absolute Gasteiger partial charge is 0.222 e. The number of nitrogens with zero attached hydrogens (tertiary/aromatic N) is 1. The average molecular weight is 350 g/mol. The first kappa shape index (κ1) is 20.6. The number of methoxy groups -OCH3 is 1. The Morgan fingerprint density at radius 2 is 1.96 bits per heavy atom. The van der Waals surface area contributed by atoms with Gasteiger partial charge in [0.25, 0.3) is 0 Å². The summed E-state index contributed by atoms with van der Waals surface area (Å²) in [6, 6.07) is 5.62. The third-order valence-corrected chi connectivity index (χ3v) is 3.28. The highest BCUT2D eigenvalue weighted by atomic mass is 16.5. The van der Waals surface area contributed by atoms with Crippen molar-refractivity contribution in [2.75, 3.05) is 38.7 Å². The van der Waals surface area contributed by atoms with Crippen LogP contribution >= 0.6 is 0 Å². The Hall–Kier alpha value is -2.44. The molecule has 7 heteroatoms. The zero-order valence-corrected chi connectivity index (χ0v) is 15.8. The van der Waals surface area contributed by atoms with Gasteiger partial charge in [0.15, 0.2) is 17.5 Å². The largest absolute Gasteiger partial charge is 0.493 e. The molecule has 25 heavy (non-hydrogen) atoms. The lowest BCUT2D eigenvalue weighted by Gasteiger charge is -2.14. The van der Waals surface area contributed by atoms with E-state index in [-0.39, 0.29) is 11.8 Å². The molecule has 0 aliphatic heterocycles. The molecule has 140 valence electrons. The van der Waals surface area contributed by atoms with E-state index >= 15 is 0 Å². The second-order valence-corrected chi connectivity index (χ2v) is 5.63. The molecule has 0 saturated carbocycles. The summed E-state index contributed by atoms with van der Waals surface area (Å²) in [5.41, 5.74) is 0.843. The van der Waals surface area contributed by atoms with Gasteiger partial charge >= 0.3 is 0 Å². The zero-order chi connectivity index (χ0) is 18.7. The Balaban J connectivity index is 2.71. The van der Waals surface area contributed by atoms with Gasteiger partial charge < -0.3 is 25.4 Å². The highest BCUT2D eigenvalue weighted by molar-refractivity contribution is 5.94. The molecule has 0 spiro atoms. The molecule has 0 heterocycles. The first-order valence-corrected chi connectivity index (χ1v) is 8.65. The molecule has 1 amide bonds. The lowest BCUT2D eigenvalue weighted by molar-refractivity contribution is -0.123. The molecule has 0 aliphatic rings. The van der Waals surface area contributed by atoms with Crippen molar-refractivity contribution in [3.63, 3.8) is 0 Å². The number of benzene rings is 1. The molecule has 0 bridgehead atoms. The molecule has 0 aromatic heterocycles. The number of carbonyl (C=O) groups excluding carboxylic acids is 1. The molecule has 1 aromatic rings. The molecule has 1 aromatic carbocycles. The SMILES string of the molecule is CCNC(=NCCNC(=O)C(C)C)Nc1ccc(OC)c(OCC)c1. The number of amides is 1. The van der Waals surface area contributed by atoms with Crippen LogP contribution in [0.5, 0.6) is 11.5 Å². The van der Waals surface area contributed by atoms with Crippen LogP contribution in [0.2, 0.25) is 0 Å². The molecular weight excluding hydrogens is 320 g/mol. The van der Waals surface area contributed by atoms with Crippen molar-refractivity contribution in [3.05, 3.63) is 18.2 Å². The summed E-state index contributed by atoms with van der Waals surface area (Å²) in [6.07, 6.45) is 0. The minimum atomic E-state index is -0.0216. The Labute approximate surface area is 150 Å². The van der Waals surface area contributed by atoms with E-state index in [2.05, 4.69) is 20.9 Å². The minimum absolute atomic E-state index is 0.0216. The van der Waals surface area contributed by atoms with Crippen molar-refractivity contribution in [1.82, 2.24) is 10.6 Å². The van der Waals surface area contributed by atoms with Crippen LogP contribution in [0, 0.1) is 5.92 Å². The van der Waals surface area contributed by atoms with Crippen molar-refractivity contribution in [1.29, 1.82) is 0 Å². The molecular formula is C18H30N4O3. The third-order valence-electron chi connectivity index (χ3n) is 3.28. The Kier molecular flexibility index (Phi) is 9.21. The summed E-state index contributed by atoms with van der Waals surface area (Å²) in [7, 11) is 1.61. The number of ether oxygens (including phenoxy) is 2. The summed E-state index contributed by atoms with van der Waals surface area (Å²) >= 11 is 0. The van der Waals surface area contributed by atoms with Crippen LogP contribution in [-0.4, -0.2) is 45.2 Å². The van der Waals surface area contributed by atoms with Gasteiger partial charge in [-0.1, -0.05) is 13.8 Å². The van der Waals surface area contributed by atoms with E-state index in [0.29, 0.717) is 37.2 Å². The van der Waals surface area contributed by atoms with E-state index in [9.17, 15) is 4.79 Å². The molecule has 0 atom stereocenters. The van der Waals surface area contributed by atoms with Gasteiger partial charge in [-0.25, -0.2) is 0 Å². The number of guanidine groups is 1. The summed E-state index contributed by atoms with van der Waals surface area (Å²) in [5.74, 6) is 2.02. The molecule has 0 aliphatic carbocycles. The van der Waals surface area contributed by atoms with Crippen LogP contribution in [0.3, 0.4) is 0 Å². The van der Waals surface area contributed by atoms with Gasteiger partial charge in [0.2, 0.25) is 5.91 Å². The van der Waals surface area contributed by atoms with Crippen molar-refractivity contribution in [2.45, 2.75) is 27.7 Å². The second-order valence-electron chi connectivity index (χ2n) is 5.63. The van der Waals surface area contributed by atoms with E-state index < -0.39 is 0 Å². The number of nitrogens with one attached hydrogen (secondary N) is 3.